The third-order valence-corrected chi connectivity index (χ3v) is 3.71. The molecule has 1 heterocycles. The normalized spacial score (nSPS) is 21.9. The summed E-state index contributed by atoms with van der Waals surface area (Å²) in [6.07, 6.45) is 2.52. The van der Waals surface area contributed by atoms with Crippen molar-refractivity contribution in [2.24, 2.45) is 11.7 Å². The molecule has 1 saturated heterocycles. The summed E-state index contributed by atoms with van der Waals surface area (Å²) in [5.41, 5.74) is 5.63. The van der Waals surface area contributed by atoms with Crippen LogP contribution in [0, 0.1) is 5.92 Å². The minimum Gasteiger partial charge on any atom is -0.393 e. The Hall–Kier alpha value is -0.190. The topological polar surface area (TPSA) is 32.5 Å². The lowest BCUT2D eigenvalue weighted by molar-refractivity contribution is 0.140. The summed E-state index contributed by atoms with van der Waals surface area (Å²) in [4.78, 5) is 5.45. The molecule has 88 valence electrons. The van der Waals surface area contributed by atoms with Crippen molar-refractivity contribution in [2.75, 3.05) is 33.7 Å². The predicted molar refractivity (Wildman–Crippen MR) is 69.1 cm³/mol. The first kappa shape index (κ1) is 12.9. The highest BCUT2D eigenvalue weighted by Gasteiger charge is 2.21. The van der Waals surface area contributed by atoms with Crippen molar-refractivity contribution < 1.29 is 0 Å². The summed E-state index contributed by atoms with van der Waals surface area (Å²) in [5.74, 6) is 0.343. The van der Waals surface area contributed by atoms with Crippen LogP contribution in [0.5, 0.6) is 0 Å². The number of rotatable bonds is 4. The number of likely N-dealkylation sites (tertiary alicyclic amines) is 1. The van der Waals surface area contributed by atoms with Crippen molar-refractivity contribution in [3.05, 3.63) is 0 Å². The van der Waals surface area contributed by atoms with Gasteiger partial charge in [0, 0.05) is 18.5 Å². The maximum atomic E-state index is 5.63. The summed E-state index contributed by atoms with van der Waals surface area (Å²) < 4.78 is 0. The molecule has 0 aliphatic carbocycles. The van der Waals surface area contributed by atoms with Crippen LogP contribution in [-0.2, 0) is 0 Å². The van der Waals surface area contributed by atoms with Gasteiger partial charge in [-0.3, -0.25) is 0 Å². The second kappa shape index (κ2) is 5.77. The van der Waals surface area contributed by atoms with Gasteiger partial charge in [0.1, 0.15) is 0 Å². The molecule has 0 aromatic carbocycles. The summed E-state index contributed by atoms with van der Waals surface area (Å²) in [6, 6.07) is 0.751. The zero-order valence-corrected chi connectivity index (χ0v) is 10.9. The third-order valence-electron chi connectivity index (χ3n) is 3.31. The quantitative estimate of drug-likeness (QED) is 0.727. The van der Waals surface area contributed by atoms with E-state index in [1.165, 1.54) is 25.9 Å². The molecule has 0 saturated carbocycles. The van der Waals surface area contributed by atoms with Gasteiger partial charge in [-0.2, -0.15) is 0 Å². The number of piperidine rings is 1. The van der Waals surface area contributed by atoms with E-state index in [-0.39, 0.29) is 0 Å². The number of nitrogens with zero attached hydrogens (tertiary/aromatic N) is 2. The van der Waals surface area contributed by atoms with Gasteiger partial charge in [-0.1, -0.05) is 19.1 Å². The van der Waals surface area contributed by atoms with Gasteiger partial charge < -0.3 is 15.5 Å². The van der Waals surface area contributed by atoms with E-state index >= 15 is 0 Å². The van der Waals surface area contributed by atoms with E-state index in [4.69, 9.17) is 18.0 Å². The smallest absolute Gasteiger partial charge is 0.0768 e. The van der Waals surface area contributed by atoms with Crippen molar-refractivity contribution in [2.45, 2.75) is 25.8 Å². The SMILES string of the molecule is CC(CN1CCC(N(C)C)CC1)C(N)=S. The van der Waals surface area contributed by atoms with Gasteiger partial charge in [-0.15, -0.1) is 0 Å². The van der Waals surface area contributed by atoms with Gasteiger partial charge >= 0.3 is 0 Å². The Kier molecular flexibility index (Phi) is 4.96. The molecule has 3 nitrogen and oxygen atoms in total. The van der Waals surface area contributed by atoms with E-state index in [9.17, 15) is 0 Å². The highest BCUT2D eigenvalue weighted by molar-refractivity contribution is 7.80. The Bertz CT molecular complexity index is 210. The fourth-order valence-corrected chi connectivity index (χ4v) is 2.17. The molecule has 0 bridgehead atoms. The lowest BCUT2D eigenvalue weighted by atomic mass is 10.0. The molecular formula is C11H23N3S. The maximum absolute atomic E-state index is 5.63. The van der Waals surface area contributed by atoms with Crippen molar-refractivity contribution in [1.29, 1.82) is 0 Å². The highest BCUT2D eigenvalue weighted by atomic mass is 32.1. The average Bonchev–Trinajstić information content (AvgIpc) is 2.18. The molecule has 1 atom stereocenters. The van der Waals surface area contributed by atoms with Gasteiger partial charge in [0.2, 0.25) is 0 Å². The Morgan fingerprint density at radius 1 is 1.47 bits per heavy atom. The summed E-state index contributed by atoms with van der Waals surface area (Å²) in [6.45, 7) is 5.49. The second-order valence-electron chi connectivity index (χ2n) is 4.80. The predicted octanol–water partition coefficient (Wildman–Crippen LogP) is 0.935. The molecule has 0 radical (unpaired) electrons. The molecular weight excluding hydrogens is 206 g/mol. The lowest BCUT2D eigenvalue weighted by Crippen LogP contribution is -2.44. The summed E-state index contributed by atoms with van der Waals surface area (Å²) >= 11 is 4.99. The molecule has 1 aliphatic rings. The first-order chi connectivity index (χ1) is 7.00. The molecule has 0 aromatic heterocycles. The van der Waals surface area contributed by atoms with E-state index in [1.54, 1.807) is 0 Å². The van der Waals surface area contributed by atoms with Crippen LogP contribution in [-0.4, -0.2) is 54.6 Å². The van der Waals surface area contributed by atoms with E-state index < -0.39 is 0 Å². The first-order valence-corrected chi connectivity index (χ1v) is 6.09. The molecule has 4 heteroatoms. The highest BCUT2D eigenvalue weighted by Crippen LogP contribution is 2.15. The molecule has 1 unspecified atom stereocenters. The van der Waals surface area contributed by atoms with Crippen LogP contribution in [0.3, 0.4) is 0 Å². The zero-order valence-electron chi connectivity index (χ0n) is 10.1. The van der Waals surface area contributed by atoms with Crippen LogP contribution in [0.15, 0.2) is 0 Å². The van der Waals surface area contributed by atoms with Crippen molar-refractivity contribution >= 4 is 17.2 Å². The molecule has 1 fully saturated rings. The summed E-state index contributed by atoms with van der Waals surface area (Å²) in [7, 11) is 4.33. The Balaban J connectivity index is 2.28. The van der Waals surface area contributed by atoms with Crippen molar-refractivity contribution in [1.82, 2.24) is 9.80 Å². The standard InChI is InChI=1S/C11H23N3S/c1-9(11(12)15)8-14-6-4-10(5-7-14)13(2)3/h9-10H,4-8H2,1-3H3,(H2,12,15). The van der Waals surface area contributed by atoms with Crippen LogP contribution in [0.25, 0.3) is 0 Å². The number of hydrogen-bond acceptors (Lipinski definition) is 3. The van der Waals surface area contributed by atoms with Gasteiger partial charge in [-0.25, -0.2) is 0 Å². The Morgan fingerprint density at radius 3 is 2.40 bits per heavy atom. The van der Waals surface area contributed by atoms with E-state index in [1.807, 2.05) is 0 Å². The first-order valence-electron chi connectivity index (χ1n) is 5.68. The fourth-order valence-electron chi connectivity index (χ4n) is 2.10. The number of thiocarbonyl (C=S) groups is 1. The molecule has 15 heavy (non-hydrogen) atoms. The van der Waals surface area contributed by atoms with Crippen LogP contribution in [0.2, 0.25) is 0 Å². The van der Waals surface area contributed by atoms with Crippen LogP contribution in [0.1, 0.15) is 19.8 Å². The van der Waals surface area contributed by atoms with E-state index in [0.717, 1.165) is 12.6 Å². The molecule has 0 aromatic rings. The largest absolute Gasteiger partial charge is 0.393 e. The van der Waals surface area contributed by atoms with Crippen LogP contribution in [0.4, 0.5) is 0 Å². The van der Waals surface area contributed by atoms with Gasteiger partial charge in [-0.05, 0) is 40.0 Å². The van der Waals surface area contributed by atoms with E-state index in [2.05, 4.69) is 30.8 Å². The molecule has 0 spiro atoms. The minimum atomic E-state index is 0.343. The molecule has 1 aliphatic heterocycles. The van der Waals surface area contributed by atoms with Crippen LogP contribution >= 0.6 is 12.2 Å². The Labute approximate surface area is 98.6 Å². The molecule has 0 amide bonds. The van der Waals surface area contributed by atoms with Crippen LogP contribution < -0.4 is 5.73 Å². The number of nitrogens with two attached hydrogens (primary N) is 1. The third kappa shape index (κ3) is 4.05. The van der Waals surface area contributed by atoms with Gasteiger partial charge in [0.05, 0.1) is 4.99 Å². The molecule has 1 rings (SSSR count). The van der Waals surface area contributed by atoms with Crippen molar-refractivity contribution in [3.63, 3.8) is 0 Å². The summed E-state index contributed by atoms with van der Waals surface area (Å²) in [5, 5.41) is 0. The monoisotopic (exact) mass is 229 g/mol. The lowest BCUT2D eigenvalue weighted by Gasteiger charge is -2.36. The van der Waals surface area contributed by atoms with Gasteiger partial charge in [0.25, 0.3) is 0 Å². The van der Waals surface area contributed by atoms with Crippen molar-refractivity contribution in [3.8, 4) is 0 Å². The molecule has 2 N–H and O–H groups in total. The Morgan fingerprint density at radius 2 is 2.00 bits per heavy atom. The average molecular weight is 229 g/mol. The minimum absolute atomic E-state index is 0.343. The maximum Gasteiger partial charge on any atom is 0.0768 e. The number of hydrogen-bond donors (Lipinski definition) is 1. The van der Waals surface area contributed by atoms with Gasteiger partial charge in [0.15, 0.2) is 0 Å². The second-order valence-corrected chi connectivity index (χ2v) is 5.27. The zero-order chi connectivity index (χ0) is 11.4. The van der Waals surface area contributed by atoms with E-state index in [0.29, 0.717) is 10.9 Å². The fraction of sp³-hybridized carbons (Fsp3) is 0.909.